The first-order chi connectivity index (χ1) is 15.3. The number of rotatable bonds is 8. The van der Waals surface area contributed by atoms with E-state index in [1.54, 1.807) is 24.3 Å². The average molecular weight is 410 g/mol. The van der Waals surface area contributed by atoms with Crippen LogP contribution in [0, 0.1) is 0 Å². The van der Waals surface area contributed by atoms with Crippen LogP contribution in [0.5, 0.6) is 17.2 Å². The maximum atomic E-state index is 12.2. The molecule has 0 saturated heterocycles. The molecule has 0 aliphatic carbocycles. The van der Waals surface area contributed by atoms with Gasteiger partial charge in [-0.25, -0.2) is 4.79 Å². The van der Waals surface area contributed by atoms with Crippen molar-refractivity contribution in [1.29, 1.82) is 0 Å². The normalized spacial score (nSPS) is 10.3. The predicted molar refractivity (Wildman–Crippen MR) is 119 cm³/mol. The van der Waals surface area contributed by atoms with E-state index in [9.17, 15) is 4.79 Å². The molecule has 0 aromatic heterocycles. The summed E-state index contributed by atoms with van der Waals surface area (Å²) in [6, 6.07) is 33.9. The smallest absolute Gasteiger partial charge is 0.338 e. The van der Waals surface area contributed by atoms with Crippen molar-refractivity contribution in [1.82, 2.24) is 0 Å². The highest BCUT2D eigenvalue weighted by molar-refractivity contribution is 5.89. The van der Waals surface area contributed by atoms with Gasteiger partial charge in [0.15, 0.2) is 0 Å². The van der Waals surface area contributed by atoms with Crippen molar-refractivity contribution in [2.75, 3.05) is 0 Å². The Hall–Kier alpha value is -4.05. The van der Waals surface area contributed by atoms with Crippen molar-refractivity contribution in [3.05, 3.63) is 126 Å². The molecule has 4 aromatic carbocycles. The van der Waals surface area contributed by atoms with E-state index in [1.807, 2.05) is 84.9 Å². The molecule has 0 atom stereocenters. The lowest BCUT2D eigenvalue weighted by Crippen LogP contribution is -2.05. The fraction of sp³-hybridized carbons (Fsp3) is 0.0741. The highest BCUT2D eigenvalue weighted by Crippen LogP contribution is 2.25. The van der Waals surface area contributed by atoms with Crippen LogP contribution in [0.3, 0.4) is 0 Å². The van der Waals surface area contributed by atoms with E-state index >= 15 is 0 Å². The molecule has 154 valence electrons. The number of esters is 1. The average Bonchev–Trinajstić information content (AvgIpc) is 2.84. The van der Waals surface area contributed by atoms with Gasteiger partial charge in [0.05, 0.1) is 5.56 Å². The molecule has 0 unspecified atom stereocenters. The zero-order chi connectivity index (χ0) is 21.3. The Bertz CT molecular complexity index is 1090. The van der Waals surface area contributed by atoms with Crippen LogP contribution in [-0.2, 0) is 18.0 Å². The Morgan fingerprint density at radius 1 is 0.548 bits per heavy atom. The predicted octanol–water partition coefficient (Wildman–Crippen LogP) is 6.41. The van der Waals surface area contributed by atoms with Gasteiger partial charge in [0.2, 0.25) is 0 Å². The summed E-state index contributed by atoms with van der Waals surface area (Å²) < 4.78 is 17.0. The number of hydrogen-bond donors (Lipinski definition) is 0. The van der Waals surface area contributed by atoms with Crippen LogP contribution in [0.25, 0.3) is 0 Å². The third kappa shape index (κ3) is 5.97. The van der Waals surface area contributed by atoms with Crippen molar-refractivity contribution < 1.29 is 19.0 Å². The molecule has 4 heteroatoms. The standard InChI is InChI=1S/C27H22O4/c28-27(30-20-22-9-5-2-6-10-22)23-11-13-25(14-12-23)31-26-17-15-24(16-18-26)29-19-21-7-3-1-4-8-21/h1-18H,19-20H2. The molecule has 0 spiro atoms. The van der Waals surface area contributed by atoms with Crippen molar-refractivity contribution in [2.24, 2.45) is 0 Å². The SMILES string of the molecule is O=C(OCc1ccccc1)c1ccc(Oc2ccc(OCc3ccccc3)cc2)cc1. The highest BCUT2D eigenvalue weighted by atomic mass is 16.5. The lowest BCUT2D eigenvalue weighted by atomic mass is 10.2. The Morgan fingerprint density at radius 2 is 1.03 bits per heavy atom. The van der Waals surface area contributed by atoms with Gasteiger partial charge in [0.25, 0.3) is 0 Å². The molecule has 0 radical (unpaired) electrons. The van der Waals surface area contributed by atoms with Crippen molar-refractivity contribution in [3.63, 3.8) is 0 Å². The highest BCUT2D eigenvalue weighted by Gasteiger charge is 2.08. The van der Waals surface area contributed by atoms with Crippen molar-refractivity contribution >= 4 is 5.97 Å². The van der Waals surface area contributed by atoms with Crippen LogP contribution in [0.1, 0.15) is 21.5 Å². The summed E-state index contributed by atoms with van der Waals surface area (Å²) in [6.45, 7) is 0.763. The van der Waals surface area contributed by atoms with Gasteiger partial charge in [0, 0.05) is 0 Å². The Morgan fingerprint density at radius 3 is 1.61 bits per heavy atom. The van der Waals surface area contributed by atoms with E-state index in [-0.39, 0.29) is 12.6 Å². The quantitative estimate of drug-likeness (QED) is 0.315. The summed E-state index contributed by atoms with van der Waals surface area (Å²) in [6.07, 6.45) is 0. The molecular formula is C27H22O4. The van der Waals surface area contributed by atoms with Gasteiger partial charge in [-0.15, -0.1) is 0 Å². The van der Waals surface area contributed by atoms with Crippen LogP contribution in [0.2, 0.25) is 0 Å². The summed E-state index contributed by atoms with van der Waals surface area (Å²) in [5.74, 6) is 1.73. The molecule has 0 saturated carbocycles. The Balaban J connectivity index is 1.28. The second-order valence-corrected chi connectivity index (χ2v) is 6.93. The molecule has 0 aliphatic heterocycles. The largest absolute Gasteiger partial charge is 0.489 e. The van der Waals surface area contributed by atoms with Gasteiger partial charge in [-0.05, 0) is 59.7 Å². The first kappa shape index (κ1) is 20.2. The molecule has 4 nitrogen and oxygen atoms in total. The topological polar surface area (TPSA) is 44.8 Å². The molecule has 4 aromatic rings. The minimum Gasteiger partial charge on any atom is -0.489 e. The molecule has 4 rings (SSSR count). The van der Waals surface area contributed by atoms with Crippen LogP contribution in [0.4, 0.5) is 0 Å². The maximum Gasteiger partial charge on any atom is 0.338 e. The molecular weight excluding hydrogens is 388 g/mol. The number of hydrogen-bond acceptors (Lipinski definition) is 4. The number of benzene rings is 4. The zero-order valence-corrected chi connectivity index (χ0v) is 16.9. The Labute approximate surface area is 181 Å². The first-order valence-electron chi connectivity index (χ1n) is 10.0. The fourth-order valence-corrected chi connectivity index (χ4v) is 2.95. The summed E-state index contributed by atoms with van der Waals surface area (Å²) in [5, 5.41) is 0. The Kier molecular flexibility index (Phi) is 6.61. The second-order valence-electron chi connectivity index (χ2n) is 6.93. The molecule has 0 amide bonds. The maximum absolute atomic E-state index is 12.2. The molecule has 31 heavy (non-hydrogen) atoms. The molecule has 0 fully saturated rings. The van der Waals surface area contributed by atoms with E-state index in [4.69, 9.17) is 14.2 Å². The van der Waals surface area contributed by atoms with Crippen LogP contribution < -0.4 is 9.47 Å². The lowest BCUT2D eigenvalue weighted by molar-refractivity contribution is 0.0472. The number of carbonyl (C=O) groups is 1. The number of ether oxygens (including phenoxy) is 3. The van der Waals surface area contributed by atoms with E-state index in [2.05, 4.69) is 0 Å². The number of carbonyl (C=O) groups excluding carboxylic acids is 1. The summed E-state index contributed by atoms with van der Waals surface area (Å²) in [7, 11) is 0. The van der Waals surface area contributed by atoms with Crippen molar-refractivity contribution in [2.45, 2.75) is 13.2 Å². The lowest BCUT2D eigenvalue weighted by Gasteiger charge is -2.09. The van der Waals surface area contributed by atoms with E-state index in [1.165, 1.54) is 0 Å². The molecule has 0 bridgehead atoms. The minimum absolute atomic E-state index is 0.247. The first-order valence-corrected chi connectivity index (χ1v) is 10.0. The van der Waals surface area contributed by atoms with Crippen LogP contribution in [-0.4, -0.2) is 5.97 Å². The van der Waals surface area contributed by atoms with Gasteiger partial charge < -0.3 is 14.2 Å². The fourth-order valence-electron chi connectivity index (χ4n) is 2.95. The van der Waals surface area contributed by atoms with E-state index in [0.29, 0.717) is 23.7 Å². The van der Waals surface area contributed by atoms with Gasteiger partial charge in [-0.3, -0.25) is 0 Å². The van der Waals surface area contributed by atoms with E-state index < -0.39 is 0 Å². The van der Waals surface area contributed by atoms with E-state index in [0.717, 1.165) is 16.9 Å². The summed E-state index contributed by atoms with van der Waals surface area (Å²) in [4.78, 5) is 12.2. The van der Waals surface area contributed by atoms with Crippen LogP contribution in [0.15, 0.2) is 109 Å². The zero-order valence-electron chi connectivity index (χ0n) is 16.9. The minimum atomic E-state index is -0.365. The second kappa shape index (κ2) is 10.1. The summed E-state index contributed by atoms with van der Waals surface area (Å²) >= 11 is 0. The monoisotopic (exact) mass is 410 g/mol. The van der Waals surface area contributed by atoms with Crippen molar-refractivity contribution in [3.8, 4) is 17.2 Å². The van der Waals surface area contributed by atoms with Crippen LogP contribution >= 0.6 is 0 Å². The van der Waals surface area contributed by atoms with Gasteiger partial charge in [0.1, 0.15) is 30.5 Å². The molecule has 0 N–H and O–H groups in total. The third-order valence-electron chi connectivity index (χ3n) is 4.61. The molecule has 0 aliphatic rings. The van der Waals surface area contributed by atoms with Gasteiger partial charge in [-0.2, -0.15) is 0 Å². The third-order valence-corrected chi connectivity index (χ3v) is 4.61. The van der Waals surface area contributed by atoms with Gasteiger partial charge >= 0.3 is 5.97 Å². The van der Waals surface area contributed by atoms with Gasteiger partial charge in [-0.1, -0.05) is 60.7 Å². The molecule has 0 heterocycles. The summed E-state index contributed by atoms with van der Waals surface area (Å²) in [5.41, 5.74) is 2.55.